The van der Waals surface area contributed by atoms with Gasteiger partial charge in [0.15, 0.2) is 11.5 Å². The minimum atomic E-state index is 0.219. The van der Waals surface area contributed by atoms with Crippen molar-refractivity contribution < 1.29 is 18.7 Å². The van der Waals surface area contributed by atoms with Crippen LogP contribution in [0.25, 0.3) is 22.3 Å². The van der Waals surface area contributed by atoms with Crippen LogP contribution in [0.2, 0.25) is 0 Å². The van der Waals surface area contributed by atoms with Gasteiger partial charge in [0.1, 0.15) is 11.3 Å². The van der Waals surface area contributed by atoms with E-state index in [1.807, 2.05) is 47.4 Å². The molecule has 3 aromatic carbocycles. The van der Waals surface area contributed by atoms with Gasteiger partial charge in [-0.25, -0.2) is 0 Å². The molecule has 1 fully saturated rings. The molecule has 35 heavy (non-hydrogen) atoms. The molecule has 1 amide bonds. The number of ether oxygens (including phenoxy) is 2. The molecule has 1 aromatic heterocycles. The van der Waals surface area contributed by atoms with Crippen molar-refractivity contribution in [2.75, 3.05) is 45.3 Å². The monoisotopic (exact) mass is 470 g/mol. The van der Waals surface area contributed by atoms with Crippen molar-refractivity contribution in [3.05, 3.63) is 78.4 Å². The third-order valence-electron chi connectivity index (χ3n) is 6.63. The second-order valence-electron chi connectivity index (χ2n) is 8.76. The maximum atomic E-state index is 12.8. The maximum Gasteiger partial charge on any atom is 0.223 e. The Bertz CT molecular complexity index is 1310. The lowest BCUT2D eigenvalue weighted by Gasteiger charge is -2.36. The van der Waals surface area contributed by atoms with Crippen molar-refractivity contribution in [3.63, 3.8) is 0 Å². The lowest BCUT2D eigenvalue weighted by Crippen LogP contribution is -2.48. The summed E-state index contributed by atoms with van der Waals surface area (Å²) in [6.45, 7) is 3.28. The summed E-state index contributed by atoms with van der Waals surface area (Å²) in [7, 11) is 3.24. The van der Waals surface area contributed by atoms with E-state index in [1.165, 1.54) is 5.69 Å². The highest BCUT2D eigenvalue weighted by molar-refractivity contribution is 5.84. The topological polar surface area (TPSA) is 55.2 Å². The Morgan fingerprint density at radius 3 is 2.37 bits per heavy atom. The van der Waals surface area contributed by atoms with Crippen LogP contribution in [-0.2, 0) is 11.2 Å². The maximum absolute atomic E-state index is 12.8. The Balaban J connectivity index is 1.21. The zero-order valence-corrected chi connectivity index (χ0v) is 20.2. The van der Waals surface area contributed by atoms with Gasteiger partial charge in [-0.05, 0) is 60.5 Å². The number of carbonyl (C=O) groups excluding carboxylic acids is 1. The van der Waals surface area contributed by atoms with Crippen molar-refractivity contribution in [2.45, 2.75) is 12.8 Å². The summed E-state index contributed by atoms with van der Waals surface area (Å²) in [5, 5.41) is 1.02. The number of hydrogen-bond donors (Lipinski definition) is 0. The van der Waals surface area contributed by atoms with Gasteiger partial charge in [-0.3, -0.25) is 4.79 Å². The van der Waals surface area contributed by atoms with E-state index in [0.717, 1.165) is 54.0 Å². The molecule has 4 aromatic rings. The molecule has 6 heteroatoms. The van der Waals surface area contributed by atoms with Crippen molar-refractivity contribution in [1.29, 1.82) is 0 Å². The molecule has 180 valence electrons. The Hall–Kier alpha value is -3.93. The standard InChI is InChI=1S/C29H30N2O4/c1-33-26-12-10-22(19-28(26)34-2)27-20-23-18-21(8-11-25(23)35-27)9-13-29(32)31-16-14-30(15-17-31)24-6-4-3-5-7-24/h3-8,10-12,18-20H,9,13-17H2,1-2H3. The fraction of sp³-hybridized carbons (Fsp3) is 0.276. The van der Waals surface area contributed by atoms with E-state index in [1.54, 1.807) is 14.2 Å². The summed E-state index contributed by atoms with van der Waals surface area (Å²) < 4.78 is 16.8. The van der Waals surface area contributed by atoms with Crippen LogP contribution in [0.5, 0.6) is 11.5 Å². The quantitative estimate of drug-likeness (QED) is 0.362. The van der Waals surface area contributed by atoms with Crippen LogP contribution in [0.4, 0.5) is 5.69 Å². The van der Waals surface area contributed by atoms with Gasteiger partial charge in [0.2, 0.25) is 5.91 Å². The number of amides is 1. The zero-order valence-electron chi connectivity index (χ0n) is 20.2. The Morgan fingerprint density at radius 2 is 1.63 bits per heavy atom. The molecule has 5 rings (SSSR count). The third kappa shape index (κ3) is 4.97. The molecule has 1 saturated heterocycles. The summed E-state index contributed by atoms with van der Waals surface area (Å²) >= 11 is 0. The average Bonchev–Trinajstić information content (AvgIpc) is 3.35. The molecule has 0 bridgehead atoms. The smallest absolute Gasteiger partial charge is 0.223 e. The number of nitrogens with zero attached hydrogens (tertiary/aromatic N) is 2. The first kappa shape index (κ1) is 22.8. The molecule has 0 atom stereocenters. The van der Waals surface area contributed by atoms with E-state index in [4.69, 9.17) is 13.9 Å². The van der Waals surface area contributed by atoms with Crippen molar-refractivity contribution >= 4 is 22.6 Å². The normalized spacial score (nSPS) is 13.8. The van der Waals surface area contributed by atoms with Crippen molar-refractivity contribution in [2.24, 2.45) is 0 Å². The molecule has 0 aliphatic carbocycles. The highest BCUT2D eigenvalue weighted by atomic mass is 16.5. The van der Waals surface area contributed by atoms with Crippen LogP contribution in [0, 0.1) is 0 Å². The molecule has 0 saturated carbocycles. The number of piperazine rings is 1. The van der Waals surface area contributed by atoms with E-state index in [0.29, 0.717) is 24.3 Å². The molecular formula is C29H30N2O4. The number of methoxy groups -OCH3 is 2. The second-order valence-corrected chi connectivity index (χ2v) is 8.76. The van der Waals surface area contributed by atoms with Gasteiger partial charge in [-0.2, -0.15) is 0 Å². The van der Waals surface area contributed by atoms with Crippen LogP contribution in [0.3, 0.4) is 0 Å². The van der Waals surface area contributed by atoms with Gasteiger partial charge in [-0.1, -0.05) is 24.3 Å². The van der Waals surface area contributed by atoms with Crippen molar-refractivity contribution in [1.82, 2.24) is 4.90 Å². The van der Waals surface area contributed by atoms with Crippen LogP contribution in [-0.4, -0.2) is 51.2 Å². The molecule has 2 heterocycles. The Morgan fingerprint density at radius 1 is 0.857 bits per heavy atom. The molecule has 0 radical (unpaired) electrons. The minimum Gasteiger partial charge on any atom is -0.493 e. The first-order chi connectivity index (χ1) is 17.1. The molecule has 0 N–H and O–H groups in total. The van der Waals surface area contributed by atoms with Crippen LogP contribution < -0.4 is 14.4 Å². The fourth-order valence-electron chi connectivity index (χ4n) is 4.64. The van der Waals surface area contributed by atoms with E-state index in [9.17, 15) is 4.79 Å². The second kappa shape index (κ2) is 10.1. The van der Waals surface area contributed by atoms with Crippen LogP contribution in [0.15, 0.2) is 77.2 Å². The number of aryl methyl sites for hydroxylation is 1. The lowest BCUT2D eigenvalue weighted by molar-refractivity contribution is -0.131. The largest absolute Gasteiger partial charge is 0.493 e. The summed E-state index contributed by atoms with van der Waals surface area (Å²) in [5.74, 6) is 2.33. The number of hydrogen-bond acceptors (Lipinski definition) is 5. The number of carbonyl (C=O) groups is 1. The number of benzene rings is 3. The molecule has 1 aliphatic rings. The third-order valence-corrected chi connectivity index (χ3v) is 6.63. The van der Waals surface area contributed by atoms with Gasteiger partial charge < -0.3 is 23.7 Å². The van der Waals surface area contributed by atoms with E-state index < -0.39 is 0 Å². The summed E-state index contributed by atoms with van der Waals surface area (Å²) in [4.78, 5) is 17.2. The Labute approximate surface area is 205 Å². The van der Waals surface area contributed by atoms with Gasteiger partial charge in [0.25, 0.3) is 0 Å². The summed E-state index contributed by atoms with van der Waals surface area (Å²) in [6, 6.07) is 24.3. The predicted octanol–water partition coefficient (Wildman–Crippen LogP) is 5.40. The number of furan rings is 1. The van der Waals surface area contributed by atoms with Crippen LogP contribution >= 0.6 is 0 Å². The molecular weight excluding hydrogens is 440 g/mol. The lowest BCUT2D eigenvalue weighted by atomic mass is 10.1. The first-order valence-corrected chi connectivity index (χ1v) is 12.0. The van der Waals surface area contributed by atoms with Gasteiger partial charge >= 0.3 is 0 Å². The number of rotatable bonds is 7. The summed E-state index contributed by atoms with van der Waals surface area (Å²) in [6.07, 6.45) is 1.22. The number of fused-ring (bicyclic) bond motifs is 1. The van der Waals surface area contributed by atoms with Gasteiger partial charge in [0, 0.05) is 49.2 Å². The van der Waals surface area contributed by atoms with Gasteiger partial charge in [-0.15, -0.1) is 0 Å². The minimum absolute atomic E-state index is 0.219. The molecule has 1 aliphatic heterocycles. The number of para-hydroxylation sites is 1. The van der Waals surface area contributed by atoms with E-state index in [2.05, 4.69) is 35.2 Å². The molecule has 0 spiro atoms. The molecule has 0 unspecified atom stereocenters. The van der Waals surface area contributed by atoms with E-state index in [-0.39, 0.29) is 5.91 Å². The summed E-state index contributed by atoms with van der Waals surface area (Å²) in [5.41, 5.74) is 4.10. The highest BCUT2D eigenvalue weighted by Crippen LogP contribution is 2.35. The average molecular weight is 471 g/mol. The van der Waals surface area contributed by atoms with Crippen LogP contribution in [0.1, 0.15) is 12.0 Å². The predicted molar refractivity (Wildman–Crippen MR) is 138 cm³/mol. The van der Waals surface area contributed by atoms with Crippen molar-refractivity contribution in [3.8, 4) is 22.8 Å². The first-order valence-electron chi connectivity index (χ1n) is 12.0. The van der Waals surface area contributed by atoms with Gasteiger partial charge in [0.05, 0.1) is 14.2 Å². The zero-order chi connectivity index (χ0) is 24.2. The fourth-order valence-corrected chi connectivity index (χ4v) is 4.64. The highest BCUT2D eigenvalue weighted by Gasteiger charge is 2.21. The number of anilines is 1. The SMILES string of the molecule is COc1ccc(-c2cc3cc(CCC(=O)N4CCN(c5ccccc5)CC4)ccc3o2)cc1OC. The van der Waals surface area contributed by atoms with E-state index >= 15 is 0 Å². The Kier molecular flexibility index (Phi) is 6.62. The molecule has 6 nitrogen and oxygen atoms in total.